The number of nitrogens with zero attached hydrogens (tertiary/aromatic N) is 2. The predicted molar refractivity (Wildman–Crippen MR) is 89.9 cm³/mol. The van der Waals surface area contributed by atoms with Gasteiger partial charge in [0.2, 0.25) is 0 Å². The summed E-state index contributed by atoms with van der Waals surface area (Å²) in [4.78, 5) is 2.48. The van der Waals surface area contributed by atoms with Gasteiger partial charge in [-0.2, -0.15) is 0 Å². The molecule has 22 heavy (non-hydrogen) atoms. The van der Waals surface area contributed by atoms with Crippen LogP contribution in [0.1, 0.15) is 31.7 Å². The fraction of sp³-hybridized carbons (Fsp3) is 0.500. The molecule has 1 aromatic rings. The minimum absolute atomic E-state index is 0.537. The van der Waals surface area contributed by atoms with Gasteiger partial charge in [0.1, 0.15) is 5.75 Å². The van der Waals surface area contributed by atoms with Gasteiger partial charge in [-0.25, -0.2) is 0 Å². The molecule has 0 aromatic heterocycles. The summed E-state index contributed by atoms with van der Waals surface area (Å²) in [7, 11) is 1.65. The highest BCUT2D eigenvalue weighted by atomic mass is 16.5. The molecule has 0 amide bonds. The average molecular weight is 302 g/mol. The van der Waals surface area contributed by atoms with Crippen molar-refractivity contribution in [3.63, 3.8) is 0 Å². The molecule has 1 aliphatic rings. The van der Waals surface area contributed by atoms with Crippen molar-refractivity contribution in [3.8, 4) is 5.75 Å². The Kier molecular flexibility index (Phi) is 6.46. The minimum atomic E-state index is 0.537. The first-order chi connectivity index (χ1) is 10.8. The van der Waals surface area contributed by atoms with E-state index >= 15 is 0 Å². The van der Waals surface area contributed by atoms with E-state index in [1.165, 1.54) is 6.42 Å². The molecule has 1 aromatic carbocycles. The first kappa shape index (κ1) is 16.6. The Balaban J connectivity index is 1.91. The summed E-state index contributed by atoms with van der Waals surface area (Å²) >= 11 is 0. The normalized spacial score (nSPS) is 19.4. The van der Waals surface area contributed by atoms with Crippen molar-refractivity contribution in [3.05, 3.63) is 42.0 Å². The second-order valence-corrected chi connectivity index (χ2v) is 5.76. The van der Waals surface area contributed by atoms with Gasteiger partial charge in [0, 0.05) is 13.1 Å². The Labute approximate surface area is 133 Å². The summed E-state index contributed by atoms with van der Waals surface area (Å²) in [5, 5.41) is 12.8. The van der Waals surface area contributed by atoms with Crippen LogP contribution in [0, 0.1) is 5.92 Å². The lowest BCUT2D eigenvalue weighted by atomic mass is 9.95. The maximum atomic E-state index is 9.30. The second kappa shape index (κ2) is 8.59. The van der Waals surface area contributed by atoms with E-state index in [0.29, 0.717) is 5.92 Å². The zero-order chi connectivity index (χ0) is 15.8. The number of oxime groups is 1. The van der Waals surface area contributed by atoms with Crippen LogP contribution >= 0.6 is 0 Å². The van der Waals surface area contributed by atoms with Gasteiger partial charge >= 0.3 is 0 Å². The largest absolute Gasteiger partial charge is 0.497 e. The van der Waals surface area contributed by atoms with Crippen molar-refractivity contribution < 1.29 is 9.94 Å². The van der Waals surface area contributed by atoms with Crippen molar-refractivity contribution in [1.29, 1.82) is 0 Å². The Morgan fingerprint density at radius 1 is 1.36 bits per heavy atom. The van der Waals surface area contributed by atoms with Gasteiger partial charge < -0.3 is 9.94 Å². The van der Waals surface area contributed by atoms with Gasteiger partial charge in [0.15, 0.2) is 0 Å². The Hall–Kier alpha value is -1.81. The summed E-state index contributed by atoms with van der Waals surface area (Å²) in [5.41, 5.74) is 1.69. The number of ether oxygens (including phenoxy) is 1. The molecule has 2 rings (SSSR count). The highest BCUT2D eigenvalue weighted by Crippen LogP contribution is 2.19. The maximum absolute atomic E-state index is 9.30. The molecule has 0 bridgehead atoms. The second-order valence-electron chi connectivity index (χ2n) is 5.76. The van der Waals surface area contributed by atoms with E-state index in [1.54, 1.807) is 7.11 Å². The van der Waals surface area contributed by atoms with Crippen molar-refractivity contribution >= 4 is 5.71 Å². The van der Waals surface area contributed by atoms with Gasteiger partial charge in [0.05, 0.1) is 12.8 Å². The first-order valence-corrected chi connectivity index (χ1v) is 8.01. The third kappa shape index (κ3) is 4.60. The van der Waals surface area contributed by atoms with Crippen LogP contribution in [-0.2, 0) is 0 Å². The molecule has 0 spiro atoms. The summed E-state index contributed by atoms with van der Waals surface area (Å²) in [6, 6.07) is 7.66. The van der Waals surface area contributed by atoms with E-state index in [-0.39, 0.29) is 0 Å². The van der Waals surface area contributed by atoms with Gasteiger partial charge in [0.25, 0.3) is 0 Å². The Bertz CT molecular complexity index is 508. The third-order valence-corrected chi connectivity index (χ3v) is 4.10. The molecule has 0 saturated carbocycles. The molecule has 0 fully saturated rings. The van der Waals surface area contributed by atoms with Crippen LogP contribution in [0.4, 0.5) is 0 Å². The summed E-state index contributed by atoms with van der Waals surface area (Å²) in [5.74, 6) is 1.35. The standard InChI is InChI=1S/C18H26N2O2/c1-3-12-20-13-4-5-15(14-20)6-11-18(19-21)16-7-9-17(22-2)10-8-16/h4-5,7-10,15,21H,3,6,11-14H2,1-2H3/b19-18-. The van der Waals surface area contributed by atoms with Crippen LogP contribution < -0.4 is 4.74 Å². The van der Waals surface area contributed by atoms with Crippen LogP contribution in [0.3, 0.4) is 0 Å². The number of benzene rings is 1. The highest BCUT2D eigenvalue weighted by Gasteiger charge is 2.16. The quantitative estimate of drug-likeness (QED) is 0.362. The van der Waals surface area contributed by atoms with Crippen molar-refractivity contribution in [2.24, 2.45) is 11.1 Å². The van der Waals surface area contributed by atoms with E-state index in [4.69, 9.17) is 4.74 Å². The molecule has 4 nitrogen and oxygen atoms in total. The fourth-order valence-electron chi connectivity index (χ4n) is 2.91. The van der Waals surface area contributed by atoms with Crippen LogP contribution in [0.15, 0.2) is 41.6 Å². The maximum Gasteiger partial charge on any atom is 0.118 e. The summed E-state index contributed by atoms with van der Waals surface area (Å²) < 4.78 is 5.16. The molecule has 0 radical (unpaired) electrons. The van der Waals surface area contributed by atoms with Crippen molar-refractivity contribution in [1.82, 2.24) is 4.90 Å². The van der Waals surface area contributed by atoms with E-state index in [9.17, 15) is 5.21 Å². The number of methoxy groups -OCH3 is 1. The van der Waals surface area contributed by atoms with Gasteiger partial charge in [-0.15, -0.1) is 0 Å². The molecule has 120 valence electrons. The lowest BCUT2D eigenvalue weighted by Crippen LogP contribution is -2.33. The van der Waals surface area contributed by atoms with E-state index in [1.807, 2.05) is 24.3 Å². The van der Waals surface area contributed by atoms with Crippen molar-refractivity contribution in [2.45, 2.75) is 26.2 Å². The average Bonchev–Trinajstić information content (AvgIpc) is 2.57. The minimum Gasteiger partial charge on any atom is -0.497 e. The predicted octanol–water partition coefficient (Wildman–Crippen LogP) is 3.55. The highest BCUT2D eigenvalue weighted by molar-refractivity contribution is 6.00. The van der Waals surface area contributed by atoms with Crippen LogP contribution in [-0.4, -0.2) is 42.6 Å². The van der Waals surface area contributed by atoms with E-state index < -0.39 is 0 Å². The number of hydrogen-bond donors (Lipinski definition) is 1. The molecular formula is C18H26N2O2. The molecule has 1 atom stereocenters. The van der Waals surface area contributed by atoms with E-state index in [2.05, 4.69) is 29.1 Å². The third-order valence-electron chi connectivity index (χ3n) is 4.10. The zero-order valence-corrected chi connectivity index (χ0v) is 13.5. The van der Waals surface area contributed by atoms with Gasteiger partial charge in [-0.3, -0.25) is 4.90 Å². The Morgan fingerprint density at radius 2 is 2.14 bits per heavy atom. The first-order valence-electron chi connectivity index (χ1n) is 8.01. The summed E-state index contributed by atoms with van der Waals surface area (Å²) in [6.45, 7) is 5.53. The lowest BCUT2D eigenvalue weighted by Gasteiger charge is -2.28. The molecule has 1 heterocycles. The van der Waals surface area contributed by atoms with Crippen LogP contribution in [0.5, 0.6) is 5.75 Å². The van der Waals surface area contributed by atoms with Crippen molar-refractivity contribution in [2.75, 3.05) is 26.7 Å². The van der Waals surface area contributed by atoms with Gasteiger partial charge in [-0.05, 0) is 61.6 Å². The molecule has 1 N–H and O–H groups in total. The molecular weight excluding hydrogens is 276 g/mol. The summed E-state index contributed by atoms with van der Waals surface area (Å²) in [6.07, 6.45) is 7.53. The van der Waals surface area contributed by atoms with Gasteiger partial charge in [-0.1, -0.05) is 24.2 Å². The Morgan fingerprint density at radius 3 is 2.77 bits per heavy atom. The monoisotopic (exact) mass is 302 g/mol. The molecule has 4 heteroatoms. The molecule has 1 unspecified atom stereocenters. The topological polar surface area (TPSA) is 45.1 Å². The zero-order valence-electron chi connectivity index (χ0n) is 13.5. The van der Waals surface area contributed by atoms with E-state index in [0.717, 1.165) is 49.5 Å². The number of rotatable bonds is 7. The SMILES string of the molecule is CCCN1CC=CC(CC/C(=N/O)c2ccc(OC)cc2)C1. The fourth-order valence-corrected chi connectivity index (χ4v) is 2.91. The van der Waals surface area contributed by atoms with Crippen LogP contribution in [0.25, 0.3) is 0 Å². The molecule has 1 aliphatic heterocycles. The molecule has 0 aliphatic carbocycles. The lowest BCUT2D eigenvalue weighted by molar-refractivity contribution is 0.254. The van der Waals surface area contributed by atoms with Crippen LogP contribution in [0.2, 0.25) is 0 Å². The smallest absolute Gasteiger partial charge is 0.118 e. The number of hydrogen-bond acceptors (Lipinski definition) is 4. The molecule has 0 saturated heterocycles.